The summed E-state index contributed by atoms with van der Waals surface area (Å²) in [4.78, 5) is 23.9. The first-order valence-corrected chi connectivity index (χ1v) is 6.34. The van der Waals surface area contributed by atoms with Gasteiger partial charge in [0.15, 0.2) is 0 Å². The van der Waals surface area contributed by atoms with Crippen LogP contribution in [0, 0.1) is 0 Å². The smallest absolute Gasteiger partial charge is 0.323 e. The van der Waals surface area contributed by atoms with Gasteiger partial charge in [-0.3, -0.25) is 9.59 Å². The molecule has 0 aliphatic carbocycles. The van der Waals surface area contributed by atoms with E-state index in [0.29, 0.717) is 0 Å². The minimum absolute atomic E-state index is 0.0316. The van der Waals surface area contributed by atoms with Crippen LogP contribution >= 0.6 is 0 Å². The van der Waals surface area contributed by atoms with E-state index in [1.165, 1.54) is 4.90 Å². The van der Waals surface area contributed by atoms with E-state index < -0.39 is 5.97 Å². The number of nitrogens with zero attached hydrogens (tertiary/aromatic N) is 1. The highest BCUT2D eigenvalue weighted by molar-refractivity contribution is 5.82. The number of nitrogens with one attached hydrogen (secondary N) is 1. The Morgan fingerprint density at radius 1 is 1.39 bits per heavy atom. The van der Waals surface area contributed by atoms with Crippen LogP contribution in [0.3, 0.4) is 0 Å². The van der Waals surface area contributed by atoms with E-state index >= 15 is 0 Å². The Labute approximate surface area is 107 Å². The minimum atomic E-state index is -1.00. The van der Waals surface area contributed by atoms with Gasteiger partial charge in [0.1, 0.15) is 13.2 Å². The number of aliphatic carboxylic acids is 1. The number of carboxylic acids is 1. The van der Waals surface area contributed by atoms with Crippen LogP contribution in [0.1, 0.15) is 26.7 Å². The Morgan fingerprint density at radius 2 is 2.00 bits per heavy atom. The number of piperidine rings is 1. The van der Waals surface area contributed by atoms with Crippen molar-refractivity contribution in [3.63, 3.8) is 0 Å². The number of carboxylic acid groups (broad SMARTS) is 1. The second kappa shape index (κ2) is 7.33. The summed E-state index contributed by atoms with van der Waals surface area (Å²) >= 11 is 0. The van der Waals surface area contributed by atoms with Crippen molar-refractivity contribution in [2.45, 2.75) is 38.8 Å². The van der Waals surface area contributed by atoms with Crippen molar-refractivity contribution < 1.29 is 19.4 Å². The van der Waals surface area contributed by atoms with Crippen molar-refractivity contribution in [3.05, 3.63) is 0 Å². The molecule has 1 aliphatic rings. The summed E-state index contributed by atoms with van der Waals surface area (Å²) in [6.07, 6.45) is 1.90. The van der Waals surface area contributed by atoms with Crippen LogP contribution in [0.5, 0.6) is 0 Å². The fourth-order valence-electron chi connectivity index (χ4n) is 1.94. The molecule has 1 rings (SSSR count). The van der Waals surface area contributed by atoms with Gasteiger partial charge in [-0.05, 0) is 39.8 Å². The molecular weight excluding hydrogens is 236 g/mol. The summed E-state index contributed by atoms with van der Waals surface area (Å²) in [5.41, 5.74) is 0. The monoisotopic (exact) mass is 258 g/mol. The number of amides is 1. The highest BCUT2D eigenvalue weighted by Crippen LogP contribution is 2.08. The van der Waals surface area contributed by atoms with Crippen molar-refractivity contribution >= 4 is 11.9 Å². The van der Waals surface area contributed by atoms with Crippen LogP contribution in [0.15, 0.2) is 0 Å². The zero-order chi connectivity index (χ0) is 13.5. The summed E-state index contributed by atoms with van der Waals surface area (Å²) < 4.78 is 5.53. The lowest BCUT2D eigenvalue weighted by molar-refractivity contribution is -0.149. The maximum Gasteiger partial charge on any atom is 0.323 e. The van der Waals surface area contributed by atoms with Gasteiger partial charge in [0.05, 0.1) is 6.10 Å². The van der Waals surface area contributed by atoms with E-state index in [-0.39, 0.29) is 31.2 Å². The normalized spacial score (nSPS) is 16.8. The highest BCUT2D eigenvalue weighted by Gasteiger charge is 2.21. The molecule has 6 heteroatoms. The largest absolute Gasteiger partial charge is 0.480 e. The van der Waals surface area contributed by atoms with Gasteiger partial charge in [0.2, 0.25) is 5.91 Å². The Bertz CT molecular complexity index is 288. The van der Waals surface area contributed by atoms with Crippen LogP contribution in [0.25, 0.3) is 0 Å². The second-order valence-electron chi connectivity index (χ2n) is 4.77. The van der Waals surface area contributed by atoms with Crippen LogP contribution in [0.2, 0.25) is 0 Å². The molecule has 0 aromatic rings. The van der Waals surface area contributed by atoms with Crippen molar-refractivity contribution in [2.24, 2.45) is 0 Å². The van der Waals surface area contributed by atoms with Gasteiger partial charge < -0.3 is 20.1 Å². The first kappa shape index (κ1) is 14.9. The molecule has 0 spiro atoms. The summed E-state index contributed by atoms with van der Waals surface area (Å²) in [7, 11) is 0. The zero-order valence-corrected chi connectivity index (χ0v) is 11.0. The molecule has 1 saturated heterocycles. The van der Waals surface area contributed by atoms with Crippen molar-refractivity contribution in [2.75, 3.05) is 26.2 Å². The molecule has 104 valence electrons. The van der Waals surface area contributed by atoms with Gasteiger partial charge in [0, 0.05) is 6.04 Å². The lowest BCUT2D eigenvalue weighted by atomic mass is 10.1. The topological polar surface area (TPSA) is 78.9 Å². The Kier molecular flexibility index (Phi) is 6.07. The Morgan fingerprint density at radius 3 is 2.50 bits per heavy atom. The molecule has 0 aromatic heterocycles. The second-order valence-corrected chi connectivity index (χ2v) is 4.77. The number of hydrogen-bond acceptors (Lipinski definition) is 4. The molecule has 18 heavy (non-hydrogen) atoms. The molecule has 0 unspecified atom stereocenters. The molecule has 1 fully saturated rings. The van der Waals surface area contributed by atoms with Gasteiger partial charge in [0.25, 0.3) is 0 Å². The Hall–Kier alpha value is -1.14. The summed E-state index contributed by atoms with van der Waals surface area (Å²) in [6.45, 7) is 5.10. The van der Waals surface area contributed by atoms with Crippen molar-refractivity contribution in [1.29, 1.82) is 0 Å². The number of hydrogen-bond donors (Lipinski definition) is 2. The minimum Gasteiger partial charge on any atom is -0.480 e. The summed E-state index contributed by atoms with van der Waals surface area (Å²) in [5, 5.41) is 12.0. The van der Waals surface area contributed by atoms with Crippen LogP contribution in [0.4, 0.5) is 0 Å². The first-order chi connectivity index (χ1) is 8.50. The number of carbonyl (C=O) groups is 2. The van der Waals surface area contributed by atoms with Gasteiger partial charge in [-0.15, -0.1) is 0 Å². The molecule has 0 aromatic carbocycles. The quantitative estimate of drug-likeness (QED) is 0.705. The van der Waals surface area contributed by atoms with E-state index in [1.54, 1.807) is 13.8 Å². The third-order valence-corrected chi connectivity index (χ3v) is 2.98. The molecule has 0 atom stereocenters. The van der Waals surface area contributed by atoms with Crippen molar-refractivity contribution in [1.82, 2.24) is 10.2 Å². The van der Waals surface area contributed by atoms with Gasteiger partial charge in [-0.1, -0.05) is 0 Å². The summed E-state index contributed by atoms with van der Waals surface area (Å²) in [5.74, 6) is -1.26. The molecule has 0 saturated carbocycles. The zero-order valence-electron chi connectivity index (χ0n) is 11.0. The number of rotatable bonds is 6. The molecule has 0 bridgehead atoms. The SMILES string of the molecule is CC(C)N(CC(=O)O)C(=O)COC1CCNCC1. The standard InChI is InChI=1S/C12H22N2O4/c1-9(2)14(7-12(16)17)11(15)8-18-10-3-5-13-6-4-10/h9-10,13H,3-8H2,1-2H3,(H,16,17). The first-order valence-electron chi connectivity index (χ1n) is 6.34. The van der Waals surface area contributed by atoms with E-state index in [4.69, 9.17) is 9.84 Å². The lowest BCUT2D eigenvalue weighted by Gasteiger charge is -2.27. The average Bonchev–Trinajstić information content (AvgIpc) is 2.34. The number of carbonyl (C=O) groups excluding carboxylic acids is 1. The predicted octanol–water partition coefficient (Wildman–Crippen LogP) is 0.0766. The third kappa shape index (κ3) is 5.01. The summed E-state index contributed by atoms with van der Waals surface area (Å²) in [6, 6.07) is -0.134. The van der Waals surface area contributed by atoms with E-state index in [2.05, 4.69) is 5.32 Å². The Balaban J connectivity index is 2.38. The van der Waals surface area contributed by atoms with Gasteiger partial charge in [-0.2, -0.15) is 0 Å². The average molecular weight is 258 g/mol. The molecule has 1 aliphatic heterocycles. The molecule has 0 radical (unpaired) electrons. The van der Waals surface area contributed by atoms with Gasteiger partial charge in [-0.25, -0.2) is 0 Å². The van der Waals surface area contributed by atoms with Gasteiger partial charge >= 0.3 is 5.97 Å². The van der Waals surface area contributed by atoms with E-state index in [1.807, 2.05) is 0 Å². The fourth-order valence-corrected chi connectivity index (χ4v) is 1.94. The van der Waals surface area contributed by atoms with E-state index in [0.717, 1.165) is 25.9 Å². The number of ether oxygens (including phenoxy) is 1. The molecule has 1 amide bonds. The van der Waals surface area contributed by atoms with Crippen LogP contribution in [-0.4, -0.2) is 60.3 Å². The van der Waals surface area contributed by atoms with Crippen LogP contribution < -0.4 is 5.32 Å². The lowest BCUT2D eigenvalue weighted by Crippen LogP contribution is -2.43. The van der Waals surface area contributed by atoms with E-state index in [9.17, 15) is 9.59 Å². The molecule has 2 N–H and O–H groups in total. The molecule has 1 heterocycles. The van der Waals surface area contributed by atoms with Crippen LogP contribution in [-0.2, 0) is 14.3 Å². The fraction of sp³-hybridized carbons (Fsp3) is 0.833. The highest BCUT2D eigenvalue weighted by atomic mass is 16.5. The van der Waals surface area contributed by atoms with Crippen molar-refractivity contribution in [3.8, 4) is 0 Å². The maximum absolute atomic E-state index is 11.9. The maximum atomic E-state index is 11.9. The third-order valence-electron chi connectivity index (χ3n) is 2.98. The molecular formula is C12H22N2O4. The molecule has 6 nitrogen and oxygen atoms in total. The predicted molar refractivity (Wildman–Crippen MR) is 66.3 cm³/mol.